The van der Waals surface area contributed by atoms with Gasteiger partial charge < -0.3 is 10.9 Å². The van der Waals surface area contributed by atoms with Gasteiger partial charge in [-0.2, -0.15) is 5.06 Å². The van der Waals surface area contributed by atoms with Crippen LogP contribution in [0.15, 0.2) is 0 Å². The van der Waals surface area contributed by atoms with Crippen LogP contribution in [-0.2, 0) is 0 Å². The number of hydrogen-bond acceptors (Lipinski definition) is 2. The van der Waals surface area contributed by atoms with E-state index >= 15 is 0 Å². The first-order valence-electron chi connectivity index (χ1n) is 4.46. The fraction of sp³-hybridized carbons (Fsp3) is 1.00. The molecule has 2 N–H and O–H groups in total. The fourth-order valence-corrected chi connectivity index (χ4v) is 2.27. The van der Waals surface area contributed by atoms with Crippen molar-refractivity contribution in [1.29, 1.82) is 0 Å². The summed E-state index contributed by atoms with van der Waals surface area (Å²) in [5, 5.41) is 11.2. The number of hydroxylamine groups is 2. The van der Waals surface area contributed by atoms with Crippen molar-refractivity contribution in [2.45, 2.75) is 57.7 Å². The summed E-state index contributed by atoms with van der Waals surface area (Å²) in [4.78, 5) is 0. The Morgan fingerprint density at radius 1 is 1.15 bits per heavy atom. The monoisotopic (exact) mass is 409 g/mol. The van der Waals surface area contributed by atoms with Crippen molar-refractivity contribution < 1.29 is 36.3 Å². The number of piperidine rings is 1. The molecule has 13 heavy (non-hydrogen) atoms. The Hall–Kier alpha value is 0.932. The van der Waals surface area contributed by atoms with Gasteiger partial charge in [-0.25, -0.2) is 0 Å². The predicted molar refractivity (Wildman–Crippen MR) is 49.1 cm³/mol. The number of rotatable bonds is 0. The molecule has 1 heterocycles. The first-order valence-corrected chi connectivity index (χ1v) is 4.46. The largest absolute Gasteiger partial charge is 0.675 e. The Morgan fingerprint density at radius 3 is 1.77 bits per heavy atom. The quantitative estimate of drug-likeness (QED) is 0.668. The normalized spacial score (nSPS) is 28.2. The molecule has 0 amide bonds. The molecule has 0 saturated carbocycles. The Balaban J connectivity index is 0.00000144. The van der Waals surface area contributed by atoms with Crippen molar-refractivity contribution in [3.05, 3.63) is 5.73 Å². The van der Waals surface area contributed by atoms with E-state index in [0.717, 1.165) is 12.8 Å². The molecule has 0 aliphatic carbocycles. The molecule has 3 nitrogen and oxygen atoms in total. The average Bonchev–Trinajstić information content (AvgIpc) is 1.80. The van der Waals surface area contributed by atoms with Crippen molar-refractivity contribution in [2.24, 2.45) is 0 Å². The summed E-state index contributed by atoms with van der Waals surface area (Å²) in [6.07, 6.45) is 1.49. The zero-order chi connectivity index (χ0) is 9.57. The summed E-state index contributed by atoms with van der Waals surface area (Å²) < 4.78 is 0. The zero-order valence-electron chi connectivity index (χ0n) is 8.89. The van der Waals surface area contributed by atoms with Crippen LogP contribution >= 0.6 is 0 Å². The van der Waals surface area contributed by atoms with E-state index < -0.39 is 0 Å². The summed E-state index contributed by atoms with van der Waals surface area (Å²) in [5.74, 6) is 0. The minimum absolute atomic E-state index is 0. The molecule has 1 rings (SSSR count). The van der Waals surface area contributed by atoms with Crippen molar-refractivity contribution in [3.63, 3.8) is 0 Å². The molecule has 4 heteroatoms. The van der Waals surface area contributed by atoms with Gasteiger partial charge >= 0.3 is 0 Å². The molecule has 0 aromatic rings. The van der Waals surface area contributed by atoms with E-state index in [-0.39, 0.29) is 48.2 Å². The van der Waals surface area contributed by atoms with Crippen LogP contribution in [0.5, 0.6) is 0 Å². The Kier molecular flexibility index (Phi) is 4.50. The summed E-state index contributed by atoms with van der Waals surface area (Å²) in [5.41, 5.74) is 7.22. The first-order chi connectivity index (χ1) is 5.26. The fourth-order valence-electron chi connectivity index (χ4n) is 2.27. The maximum atomic E-state index is 9.83. The molecule has 0 atom stereocenters. The maximum absolute atomic E-state index is 9.83. The van der Waals surface area contributed by atoms with Crippen LogP contribution in [0.25, 0.3) is 5.73 Å². The van der Waals surface area contributed by atoms with E-state index in [2.05, 4.69) is 0 Å². The smallest absolute Gasteiger partial charge is 0.0396 e. The second-order valence-corrected chi connectivity index (χ2v) is 5.04. The van der Waals surface area contributed by atoms with Crippen molar-refractivity contribution >= 4 is 0 Å². The second kappa shape index (κ2) is 4.20. The van der Waals surface area contributed by atoms with Crippen LogP contribution < -0.4 is 0 Å². The zero-order valence-corrected chi connectivity index (χ0v) is 13.0. The van der Waals surface area contributed by atoms with Gasteiger partial charge in [0.2, 0.25) is 0 Å². The van der Waals surface area contributed by atoms with Crippen molar-refractivity contribution in [2.75, 3.05) is 0 Å². The molecule has 1 saturated heterocycles. The van der Waals surface area contributed by atoms with Gasteiger partial charge in [-0.1, -0.05) is 0 Å². The topological polar surface area (TPSA) is 47.3 Å². The minimum Gasteiger partial charge on any atom is -0.675 e. The SMILES string of the molecule is CC1(C)CC([NH-])CC(C)(C)N1O.[U]. The average molecular weight is 409 g/mol. The summed E-state index contributed by atoms with van der Waals surface area (Å²) in [6.45, 7) is 7.93. The van der Waals surface area contributed by atoms with Gasteiger partial charge in [0.25, 0.3) is 0 Å². The van der Waals surface area contributed by atoms with Gasteiger partial charge in [0.1, 0.15) is 0 Å². The molecule has 0 unspecified atom stereocenters. The summed E-state index contributed by atoms with van der Waals surface area (Å²) in [7, 11) is 0. The van der Waals surface area contributed by atoms with E-state index in [1.165, 1.54) is 5.06 Å². The molecule has 0 aromatic carbocycles. The molecule has 1 fully saturated rings. The van der Waals surface area contributed by atoms with Crippen LogP contribution in [0.1, 0.15) is 40.5 Å². The molecule has 1 aliphatic heterocycles. The van der Waals surface area contributed by atoms with E-state index in [4.69, 9.17) is 5.73 Å². The predicted octanol–water partition coefficient (Wildman–Crippen LogP) is 2.45. The molecule has 0 spiro atoms. The van der Waals surface area contributed by atoms with Gasteiger partial charge in [-0.05, 0) is 40.5 Å². The molecule has 0 aromatic heterocycles. The Bertz CT molecular complexity index is 164. The van der Waals surface area contributed by atoms with Gasteiger partial charge in [-0.3, -0.25) is 0 Å². The van der Waals surface area contributed by atoms with Crippen LogP contribution in [0.2, 0.25) is 0 Å². The number of hydrogen-bond donors (Lipinski definition) is 1. The third-order valence-corrected chi connectivity index (χ3v) is 2.64. The number of nitrogens with one attached hydrogen (secondary N) is 1. The maximum Gasteiger partial charge on any atom is 0.0396 e. The molecule has 1 aliphatic rings. The van der Waals surface area contributed by atoms with Gasteiger partial charge in [0.05, 0.1) is 0 Å². The molecule has 76 valence electrons. The minimum atomic E-state index is -0.256. The van der Waals surface area contributed by atoms with Gasteiger partial charge in [0.15, 0.2) is 0 Å². The first kappa shape index (κ1) is 13.9. The summed E-state index contributed by atoms with van der Waals surface area (Å²) >= 11 is 0. The van der Waals surface area contributed by atoms with Crippen LogP contribution in [0.4, 0.5) is 0 Å². The standard InChI is InChI=1S/C9H19N2O.U/c1-8(2)5-7(10)6-9(3,4)11(8)12;/h7,10,12H,5-6H2,1-4H3;/q-1;. The van der Waals surface area contributed by atoms with E-state index in [1.807, 2.05) is 27.7 Å². The van der Waals surface area contributed by atoms with Crippen LogP contribution in [0.3, 0.4) is 0 Å². The second-order valence-electron chi connectivity index (χ2n) is 5.04. The van der Waals surface area contributed by atoms with Crippen LogP contribution in [-0.4, -0.2) is 27.4 Å². The molecule has 0 radical (unpaired) electrons. The van der Waals surface area contributed by atoms with Gasteiger partial charge in [0, 0.05) is 42.2 Å². The molecule has 0 bridgehead atoms. The van der Waals surface area contributed by atoms with Crippen molar-refractivity contribution in [3.8, 4) is 0 Å². The summed E-state index contributed by atoms with van der Waals surface area (Å²) in [6, 6.07) is -0.0431. The van der Waals surface area contributed by atoms with Crippen LogP contribution in [0, 0.1) is 31.1 Å². The Morgan fingerprint density at radius 2 is 1.46 bits per heavy atom. The van der Waals surface area contributed by atoms with E-state index in [0.29, 0.717) is 0 Å². The Labute approximate surface area is 104 Å². The van der Waals surface area contributed by atoms with Gasteiger partial charge in [-0.15, -0.1) is 6.04 Å². The van der Waals surface area contributed by atoms with E-state index in [1.54, 1.807) is 0 Å². The number of nitrogens with zero attached hydrogens (tertiary/aromatic N) is 1. The molecular weight excluding hydrogens is 390 g/mol. The molecular formula is C9H19N2OU-. The third kappa shape index (κ3) is 2.94. The third-order valence-electron chi connectivity index (χ3n) is 2.64. The van der Waals surface area contributed by atoms with E-state index in [9.17, 15) is 5.21 Å². The van der Waals surface area contributed by atoms with Crippen molar-refractivity contribution in [1.82, 2.24) is 5.06 Å².